The van der Waals surface area contributed by atoms with Gasteiger partial charge in [-0.3, -0.25) is 14.4 Å². The quantitative estimate of drug-likeness (QED) is 0.801. The predicted octanol–water partition coefficient (Wildman–Crippen LogP) is 0.236. The first-order valence-electron chi connectivity index (χ1n) is 7.10. The normalized spacial score (nSPS) is 19.0. The number of rotatable bonds is 3. The van der Waals surface area contributed by atoms with E-state index in [-0.39, 0.29) is 36.4 Å². The van der Waals surface area contributed by atoms with Crippen LogP contribution >= 0.6 is 0 Å². The lowest BCUT2D eigenvalue weighted by molar-refractivity contribution is -0.146. The van der Waals surface area contributed by atoms with E-state index in [0.29, 0.717) is 13.1 Å². The molecule has 0 N–H and O–H groups in total. The summed E-state index contributed by atoms with van der Waals surface area (Å²) in [6.45, 7) is 4.78. The zero-order valence-electron chi connectivity index (χ0n) is 12.7. The fourth-order valence-electron chi connectivity index (χ4n) is 2.49. The number of likely N-dealkylation sites (N-methyl/N-ethyl adjacent to an activating group) is 1. The van der Waals surface area contributed by atoms with Gasteiger partial charge in [0.2, 0.25) is 11.8 Å². The average Bonchev–Trinajstić information content (AvgIpc) is 2.43. The van der Waals surface area contributed by atoms with Gasteiger partial charge in [0.25, 0.3) is 5.56 Å². The minimum atomic E-state index is -0.106. The summed E-state index contributed by atoms with van der Waals surface area (Å²) in [6, 6.07) is 5.06. The summed E-state index contributed by atoms with van der Waals surface area (Å²) in [5.74, 6) is -0.131. The number of hydrogen-bond donors (Lipinski definition) is 0. The maximum atomic E-state index is 12.2. The zero-order valence-corrected chi connectivity index (χ0v) is 12.7. The number of pyridine rings is 1. The van der Waals surface area contributed by atoms with Crippen LogP contribution in [-0.2, 0) is 16.1 Å². The molecular weight excluding hydrogens is 270 g/mol. The van der Waals surface area contributed by atoms with E-state index >= 15 is 0 Å². The molecule has 1 aromatic rings. The van der Waals surface area contributed by atoms with Gasteiger partial charge in [0.05, 0.1) is 6.54 Å². The second-order valence-corrected chi connectivity index (χ2v) is 5.53. The molecule has 1 aromatic heterocycles. The number of amides is 2. The average molecular weight is 291 g/mol. The van der Waals surface area contributed by atoms with Crippen molar-refractivity contribution >= 4 is 11.8 Å². The van der Waals surface area contributed by atoms with Gasteiger partial charge in [0.15, 0.2) is 0 Å². The molecule has 21 heavy (non-hydrogen) atoms. The van der Waals surface area contributed by atoms with Crippen molar-refractivity contribution in [2.45, 2.75) is 32.9 Å². The van der Waals surface area contributed by atoms with Crippen LogP contribution < -0.4 is 5.56 Å². The van der Waals surface area contributed by atoms with Crippen molar-refractivity contribution in [3.8, 4) is 0 Å². The summed E-state index contributed by atoms with van der Waals surface area (Å²) in [6.07, 6.45) is 0.231. The fraction of sp³-hybridized carbons (Fsp3) is 0.533. The molecule has 114 valence electrons. The summed E-state index contributed by atoms with van der Waals surface area (Å²) >= 11 is 0. The number of hydrogen-bond acceptors (Lipinski definition) is 3. The summed E-state index contributed by atoms with van der Waals surface area (Å²) in [7, 11) is 1.75. The largest absolute Gasteiger partial charge is 0.340 e. The molecule has 0 aliphatic carbocycles. The van der Waals surface area contributed by atoms with E-state index in [1.807, 2.05) is 19.9 Å². The number of nitrogens with zero attached hydrogens (tertiary/aromatic N) is 3. The summed E-state index contributed by atoms with van der Waals surface area (Å²) < 4.78 is 1.58. The van der Waals surface area contributed by atoms with E-state index in [9.17, 15) is 14.4 Å². The fourth-order valence-corrected chi connectivity index (χ4v) is 2.49. The lowest BCUT2D eigenvalue weighted by atomic mass is 10.2. The Morgan fingerprint density at radius 2 is 2.05 bits per heavy atom. The summed E-state index contributed by atoms with van der Waals surface area (Å²) in [5, 5.41) is 0. The first-order valence-corrected chi connectivity index (χ1v) is 7.10. The van der Waals surface area contributed by atoms with Gasteiger partial charge >= 0.3 is 0 Å². The van der Waals surface area contributed by atoms with E-state index in [2.05, 4.69) is 0 Å². The maximum absolute atomic E-state index is 12.2. The van der Waals surface area contributed by atoms with Crippen LogP contribution in [0.1, 0.15) is 19.0 Å². The number of aromatic nitrogens is 1. The predicted molar refractivity (Wildman–Crippen MR) is 78.9 cm³/mol. The Bertz CT molecular complexity index is 608. The third-order valence-corrected chi connectivity index (χ3v) is 4.04. The molecule has 0 spiro atoms. The van der Waals surface area contributed by atoms with Crippen LogP contribution in [0.4, 0.5) is 0 Å². The molecule has 6 nitrogen and oxygen atoms in total. The maximum Gasteiger partial charge on any atom is 0.250 e. The van der Waals surface area contributed by atoms with Crippen molar-refractivity contribution in [3.63, 3.8) is 0 Å². The standard InChI is InChI=1S/C15H21N3O3/c1-11-5-4-6-14(20)18(11)8-7-13(19)17-9-12(2)16(3)15(21)10-17/h4-6,12H,7-10H2,1-3H3/t12-/m0/s1. The van der Waals surface area contributed by atoms with Gasteiger partial charge in [-0.15, -0.1) is 0 Å². The van der Waals surface area contributed by atoms with Crippen LogP contribution in [-0.4, -0.2) is 52.4 Å². The molecule has 1 aliphatic heterocycles. The molecule has 0 unspecified atom stereocenters. The van der Waals surface area contributed by atoms with Crippen LogP contribution in [0.2, 0.25) is 0 Å². The smallest absolute Gasteiger partial charge is 0.250 e. The molecule has 2 heterocycles. The van der Waals surface area contributed by atoms with Gasteiger partial charge in [0.1, 0.15) is 0 Å². The Labute approximate surface area is 124 Å². The minimum absolute atomic E-state index is 0.0244. The van der Waals surface area contributed by atoms with Crippen molar-refractivity contribution < 1.29 is 9.59 Å². The molecule has 6 heteroatoms. The van der Waals surface area contributed by atoms with Gasteiger partial charge < -0.3 is 14.4 Å². The highest BCUT2D eigenvalue weighted by molar-refractivity contribution is 5.86. The Hall–Kier alpha value is -2.11. The number of carbonyl (C=O) groups is 2. The lowest BCUT2D eigenvalue weighted by Crippen LogP contribution is -2.55. The summed E-state index contributed by atoms with van der Waals surface area (Å²) in [5.41, 5.74) is 0.726. The van der Waals surface area contributed by atoms with Crippen LogP contribution in [0, 0.1) is 6.92 Å². The van der Waals surface area contributed by atoms with E-state index in [1.165, 1.54) is 6.07 Å². The highest BCUT2D eigenvalue weighted by Crippen LogP contribution is 2.10. The second kappa shape index (κ2) is 6.11. The Kier molecular flexibility index (Phi) is 4.45. The Balaban J connectivity index is 1.99. The minimum Gasteiger partial charge on any atom is -0.340 e. The number of aryl methyl sites for hydroxylation is 1. The van der Waals surface area contributed by atoms with Gasteiger partial charge in [-0.05, 0) is 19.9 Å². The van der Waals surface area contributed by atoms with E-state index in [4.69, 9.17) is 0 Å². The first kappa shape index (κ1) is 15.3. The molecule has 2 amide bonds. The van der Waals surface area contributed by atoms with Crippen molar-refractivity contribution in [2.24, 2.45) is 0 Å². The van der Waals surface area contributed by atoms with Gasteiger partial charge in [-0.25, -0.2) is 0 Å². The Morgan fingerprint density at radius 1 is 1.33 bits per heavy atom. The van der Waals surface area contributed by atoms with Crippen molar-refractivity contribution in [1.82, 2.24) is 14.4 Å². The van der Waals surface area contributed by atoms with Crippen LogP contribution in [0.3, 0.4) is 0 Å². The third-order valence-electron chi connectivity index (χ3n) is 4.04. The third kappa shape index (κ3) is 3.32. The van der Waals surface area contributed by atoms with Crippen LogP contribution in [0.25, 0.3) is 0 Å². The van der Waals surface area contributed by atoms with Crippen molar-refractivity contribution in [1.29, 1.82) is 0 Å². The highest BCUT2D eigenvalue weighted by Gasteiger charge is 2.29. The highest BCUT2D eigenvalue weighted by atomic mass is 16.2. The Morgan fingerprint density at radius 3 is 2.67 bits per heavy atom. The molecule has 0 radical (unpaired) electrons. The second-order valence-electron chi connectivity index (χ2n) is 5.53. The molecule has 2 rings (SSSR count). The first-order chi connectivity index (χ1) is 9.90. The van der Waals surface area contributed by atoms with Crippen LogP contribution in [0.15, 0.2) is 23.0 Å². The van der Waals surface area contributed by atoms with Crippen molar-refractivity contribution in [3.05, 3.63) is 34.2 Å². The molecule has 0 saturated carbocycles. The van der Waals surface area contributed by atoms with E-state index < -0.39 is 0 Å². The molecule has 1 saturated heterocycles. The molecule has 1 fully saturated rings. The molecular formula is C15H21N3O3. The monoisotopic (exact) mass is 291 g/mol. The topological polar surface area (TPSA) is 62.6 Å². The van der Waals surface area contributed by atoms with E-state index in [1.54, 1.807) is 27.5 Å². The molecule has 0 bridgehead atoms. The number of carbonyl (C=O) groups excluding carboxylic acids is 2. The lowest BCUT2D eigenvalue weighted by Gasteiger charge is -2.37. The molecule has 1 atom stereocenters. The number of piperazine rings is 1. The zero-order chi connectivity index (χ0) is 15.6. The van der Waals surface area contributed by atoms with Crippen molar-refractivity contribution in [2.75, 3.05) is 20.1 Å². The van der Waals surface area contributed by atoms with Gasteiger partial charge in [-0.2, -0.15) is 0 Å². The van der Waals surface area contributed by atoms with Crippen LogP contribution in [0.5, 0.6) is 0 Å². The summed E-state index contributed by atoms with van der Waals surface area (Å²) in [4.78, 5) is 39.0. The molecule has 0 aromatic carbocycles. The van der Waals surface area contributed by atoms with E-state index in [0.717, 1.165) is 5.69 Å². The molecule has 1 aliphatic rings. The SMILES string of the molecule is Cc1cccc(=O)n1CCC(=O)N1CC(=O)N(C)[C@@H](C)C1. The van der Waals surface area contributed by atoms with Gasteiger partial charge in [0, 0.05) is 44.4 Å². The van der Waals surface area contributed by atoms with Gasteiger partial charge in [-0.1, -0.05) is 6.07 Å².